The molecule has 1 heterocycles. The van der Waals surface area contributed by atoms with E-state index in [-0.39, 0.29) is 54.7 Å². The third-order valence-electron chi connectivity index (χ3n) is 4.82. The van der Waals surface area contributed by atoms with Crippen LogP contribution in [-0.2, 0) is 12.9 Å². The Hall–Kier alpha value is -0.872. The van der Waals surface area contributed by atoms with Gasteiger partial charge in [-0.15, -0.1) is 0 Å². The fourth-order valence-corrected chi connectivity index (χ4v) is 6.66. The van der Waals surface area contributed by atoms with E-state index in [4.69, 9.17) is 5.11 Å². The quantitative estimate of drug-likeness (QED) is 0.352. The van der Waals surface area contributed by atoms with Crippen molar-refractivity contribution in [1.82, 2.24) is 9.97 Å². The van der Waals surface area contributed by atoms with E-state index < -0.39 is 52.0 Å². The van der Waals surface area contributed by atoms with Crippen LogP contribution in [0.2, 0.25) is 5.71 Å². The number of aliphatic hydroxyl groups is 2. The number of aromatic nitrogens is 2. The van der Waals surface area contributed by atoms with Crippen LogP contribution in [0.5, 0.6) is 0 Å². The molecule has 8 nitrogen and oxygen atoms in total. The third kappa shape index (κ3) is 8.97. The number of carboxylic acids is 1. The van der Waals surface area contributed by atoms with E-state index in [1.807, 2.05) is 13.8 Å². The zero-order chi connectivity index (χ0) is 24.9. The molecule has 2 aromatic rings. The first-order chi connectivity index (χ1) is 15.3. The van der Waals surface area contributed by atoms with E-state index in [0.717, 1.165) is 6.26 Å². The summed E-state index contributed by atoms with van der Waals surface area (Å²) in [7, 11) is -3.34. The van der Waals surface area contributed by atoms with Gasteiger partial charge in [-0.1, -0.05) is 0 Å². The van der Waals surface area contributed by atoms with Crippen molar-refractivity contribution in [2.24, 2.45) is 0 Å². The molecule has 0 radical (unpaired) electrons. The number of hydrogen-bond donors (Lipinski definition) is 3. The Labute approximate surface area is 232 Å². The Morgan fingerprint density at radius 2 is 1.76 bits per heavy atom. The van der Waals surface area contributed by atoms with Crippen LogP contribution in [0.4, 0.5) is 4.39 Å². The Bertz CT molecular complexity index is 1130. The van der Waals surface area contributed by atoms with Crippen LogP contribution < -0.4 is 4.61 Å². The molecular formula is C22H30AsCaFN2O6S. The van der Waals surface area contributed by atoms with Crippen molar-refractivity contribution < 1.29 is 32.9 Å². The molecule has 2 rings (SSSR count). The van der Waals surface area contributed by atoms with Gasteiger partial charge in [0.2, 0.25) is 0 Å². The zero-order valence-electron chi connectivity index (χ0n) is 18.8. The predicted octanol–water partition coefficient (Wildman–Crippen LogP) is 0.963. The van der Waals surface area contributed by atoms with Gasteiger partial charge in [-0.2, -0.15) is 0 Å². The minimum absolute atomic E-state index is 0. The number of aliphatic hydroxyl groups excluding tert-OH is 2. The molecule has 3 N–H and O–H groups in total. The summed E-state index contributed by atoms with van der Waals surface area (Å²) in [4.78, 5) is 19.8. The standard InChI is InChI=1S/C22H28AsFN2O6S.Ca.2H/c1-13(2)20-18(10-9-16(27)11-17(28)12-19(29)30)21(14-5-7-15(24)8-6-14)26-22(25-20)23(3)33(4,31)32;;;/h5-10,13,16-17,27-28H,11-12H2,1-4H3,(H,29,30);;;/t16-,17-,23?;;;/m1.../s1. The van der Waals surface area contributed by atoms with Gasteiger partial charge in [0.25, 0.3) is 0 Å². The Kier molecular flexibility index (Phi) is 12.3. The first-order valence-corrected chi connectivity index (χ1v) is 17.1. The van der Waals surface area contributed by atoms with E-state index in [2.05, 4.69) is 9.97 Å². The second-order valence-corrected chi connectivity index (χ2v) is 19.4. The van der Waals surface area contributed by atoms with E-state index in [1.54, 1.807) is 11.8 Å². The van der Waals surface area contributed by atoms with Crippen molar-refractivity contribution >= 4 is 76.0 Å². The van der Waals surface area contributed by atoms with Crippen LogP contribution in [0.15, 0.2) is 30.3 Å². The van der Waals surface area contributed by atoms with Crippen molar-refractivity contribution in [3.05, 3.63) is 47.4 Å². The Morgan fingerprint density at radius 3 is 2.26 bits per heavy atom. The van der Waals surface area contributed by atoms with Crippen LogP contribution >= 0.6 is 0 Å². The number of rotatable bonds is 10. The molecule has 0 aliphatic heterocycles. The normalized spacial score (nSPS) is 14.6. The van der Waals surface area contributed by atoms with E-state index in [1.165, 1.54) is 30.3 Å². The molecule has 0 saturated carbocycles. The summed E-state index contributed by atoms with van der Waals surface area (Å²) in [5.74, 6) is -1.73. The number of hydrogen-bond acceptors (Lipinski definition) is 7. The van der Waals surface area contributed by atoms with Crippen LogP contribution in [0.3, 0.4) is 0 Å². The third-order valence-corrected chi connectivity index (χ3v) is 14.5. The van der Waals surface area contributed by atoms with Gasteiger partial charge in [-0.05, 0) is 0 Å². The summed E-state index contributed by atoms with van der Waals surface area (Å²) in [6, 6.07) is 5.61. The summed E-state index contributed by atoms with van der Waals surface area (Å²) >= 11 is -2.64. The monoisotopic (exact) mass is 584 g/mol. The fourth-order valence-electron chi connectivity index (χ4n) is 3.05. The molecule has 184 valence electrons. The first-order valence-electron chi connectivity index (χ1n) is 10.2. The number of benzene rings is 1. The van der Waals surface area contributed by atoms with Crippen molar-refractivity contribution in [2.45, 2.75) is 50.5 Å². The van der Waals surface area contributed by atoms with Crippen LogP contribution in [0.25, 0.3) is 17.3 Å². The number of carbonyl (C=O) groups is 1. The molecule has 1 unspecified atom stereocenters. The van der Waals surface area contributed by atoms with Gasteiger partial charge in [-0.25, -0.2) is 0 Å². The molecule has 0 aliphatic rings. The summed E-state index contributed by atoms with van der Waals surface area (Å²) < 4.78 is 38.2. The molecular weight excluding hydrogens is 554 g/mol. The average Bonchev–Trinajstić information content (AvgIpc) is 2.70. The van der Waals surface area contributed by atoms with E-state index >= 15 is 0 Å². The summed E-state index contributed by atoms with van der Waals surface area (Å²) in [5, 5.41) is 28.8. The molecule has 0 spiro atoms. The van der Waals surface area contributed by atoms with Gasteiger partial charge in [-0.3, -0.25) is 0 Å². The van der Waals surface area contributed by atoms with Gasteiger partial charge in [0.1, 0.15) is 0 Å². The Morgan fingerprint density at radius 1 is 1.18 bits per heavy atom. The average molecular weight is 585 g/mol. The Balaban J connectivity index is 0.00000578. The van der Waals surface area contributed by atoms with E-state index in [9.17, 15) is 27.8 Å². The number of halogens is 1. The van der Waals surface area contributed by atoms with Crippen molar-refractivity contribution in [1.29, 1.82) is 0 Å². The number of aliphatic carboxylic acids is 1. The van der Waals surface area contributed by atoms with Crippen LogP contribution in [-0.4, -0.2) is 109 Å². The maximum absolute atomic E-state index is 13.5. The molecule has 0 saturated heterocycles. The molecule has 34 heavy (non-hydrogen) atoms. The van der Waals surface area contributed by atoms with Gasteiger partial charge in [0, 0.05) is 0 Å². The SMILES string of the molecule is CC(C)c1nc([As](C)S(C)(=O)=O)nc(-c2ccc(F)cc2)c1C=C[C@@H](O)C[C@@H](O)CC(=O)O.[CaH2]. The molecule has 1 aromatic heterocycles. The topological polar surface area (TPSA) is 138 Å². The van der Waals surface area contributed by atoms with Gasteiger partial charge in [0.15, 0.2) is 0 Å². The van der Waals surface area contributed by atoms with Crippen molar-refractivity contribution in [2.75, 3.05) is 6.26 Å². The van der Waals surface area contributed by atoms with Gasteiger partial charge < -0.3 is 0 Å². The second kappa shape index (κ2) is 13.4. The van der Waals surface area contributed by atoms with Crippen LogP contribution in [0.1, 0.15) is 43.9 Å². The van der Waals surface area contributed by atoms with Gasteiger partial charge in [0.05, 0.1) is 0 Å². The van der Waals surface area contributed by atoms with Gasteiger partial charge >= 0.3 is 234 Å². The summed E-state index contributed by atoms with van der Waals surface area (Å²) in [6.07, 6.45) is 1.12. The van der Waals surface area contributed by atoms with Crippen LogP contribution in [0, 0.1) is 5.82 Å². The number of nitrogens with zero attached hydrogens (tertiary/aromatic N) is 2. The molecule has 0 aliphatic carbocycles. The fraction of sp³-hybridized carbons (Fsp3) is 0.409. The first kappa shape index (κ1) is 31.2. The zero-order valence-corrected chi connectivity index (χ0v) is 21.5. The maximum atomic E-state index is 13.5. The molecule has 3 atom stereocenters. The molecule has 0 fully saturated rings. The molecule has 12 heteroatoms. The minimum atomic E-state index is -3.34. The number of carboxylic acid groups (broad SMARTS) is 1. The second-order valence-electron chi connectivity index (χ2n) is 7.98. The van der Waals surface area contributed by atoms with Crippen molar-refractivity contribution in [3.63, 3.8) is 0 Å². The molecule has 0 amide bonds. The predicted molar refractivity (Wildman–Crippen MR) is 134 cm³/mol. The van der Waals surface area contributed by atoms with E-state index in [0.29, 0.717) is 22.5 Å². The summed E-state index contributed by atoms with van der Waals surface area (Å²) in [5.41, 5.74) is 3.70. The molecule has 1 aromatic carbocycles. The van der Waals surface area contributed by atoms with Crippen molar-refractivity contribution in [3.8, 4) is 11.3 Å². The summed E-state index contributed by atoms with van der Waals surface area (Å²) in [6.45, 7) is 3.77. The molecule has 0 bridgehead atoms.